The first kappa shape index (κ1) is 27.0. The van der Waals surface area contributed by atoms with Crippen molar-refractivity contribution in [2.24, 2.45) is 50.7 Å². The molecule has 7 nitrogen and oxygen atoms in total. The Labute approximate surface area is 215 Å². The highest BCUT2D eigenvalue weighted by atomic mass is 16.4. The van der Waals surface area contributed by atoms with E-state index >= 15 is 0 Å². The van der Waals surface area contributed by atoms with Crippen LogP contribution in [0, 0.1) is 50.7 Å². The monoisotopic (exact) mass is 508 g/mol. The molecule has 13 atom stereocenters. The van der Waals surface area contributed by atoms with Crippen molar-refractivity contribution < 1.29 is 35.7 Å². The predicted octanol–water partition coefficient (Wildman–Crippen LogP) is 1.61. The van der Waals surface area contributed by atoms with Crippen molar-refractivity contribution in [2.75, 3.05) is 13.2 Å². The van der Waals surface area contributed by atoms with E-state index < -0.39 is 53.4 Å². The maximum absolute atomic E-state index is 11.7. The van der Waals surface area contributed by atoms with Crippen LogP contribution >= 0.6 is 0 Å². The summed E-state index contributed by atoms with van der Waals surface area (Å²) in [6, 6.07) is 0. The Hall–Kier alpha value is -0.540. The zero-order chi connectivity index (χ0) is 26.6. The molecule has 0 spiro atoms. The second-order valence-corrected chi connectivity index (χ2v) is 14.6. The van der Waals surface area contributed by atoms with Crippen LogP contribution in [0.4, 0.5) is 0 Å². The molecule has 0 bridgehead atoms. The Morgan fingerprint density at radius 2 is 1.42 bits per heavy atom. The second-order valence-electron chi connectivity index (χ2n) is 14.6. The molecule has 4 fully saturated rings. The van der Waals surface area contributed by atoms with Gasteiger partial charge in [0.1, 0.15) is 0 Å². The molecular weight excluding hydrogens is 460 g/mol. The molecule has 0 heterocycles. The molecule has 4 saturated carbocycles. The summed E-state index contributed by atoms with van der Waals surface area (Å²) in [7, 11) is 0. The van der Waals surface area contributed by atoms with Crippen LogP contribution in [0.2, 0.25) is 0 Å². The van der Waals surface area contributed by atoms with Gasteiger partial charge in [0.05, 0.1) is 49.1 Å². The number of hydrogen-bond acceptors (Lipinski definition) is 7. The van der Waals surface area contributed by atoms with Gasteiger partial charge in [-0.3, -0.25) is 0 Å². The van der Waals surface area contributed by atoms with Crippen molar-refractivity contribution in [3.63, 3.8) is 0 Å². The van der Waals surface area contributed by atoms with Gasteiger partial charge in [0.15, 0.2) is 0 Å². The van der Waals surface area contributed by atoms with Gasteiger partial charge >= 0.3 is 0 Å². The lowest BCUT2D eigenvalue weighted by Crippen LogP contribution is -2.73. The lowest BCUT2D eigenvalue weighted by molar-refractivity contribution is -0.270. The highest BCUT2D eigenvalue weighted by Gasteiger charge is 2.71. The van der Waals surface area contributed by atoms with Crippen molar-refractivity contribution in [3.05, 3.63) is 11.6 Å². The van der Waals surface area contributed by atoms with E-state index in [0.29, 0.717) is 12.8 Å². The van der Waals surface area contributed by atoms with Crippen molar-refractivity contribution >= 4 is 0 Å². The molecule has 0 aromatic carbocycles. The van der Waals surface area contributed by atoms with Gasteiger partial charge in [-0.2, -0.15) is 0 Å². The highest BCUT2D eigenvalue weighted by molar-refractivity contribution is 5.34. The summed E-state index contributed by atoms with van der Waals surface area (Å²) >= 11 is 0. The summed E-state index contributed by atoms with van der Waals surface area (Å²) in [6.45, 7) is 9.81. The summed E-state index contributed by atoms with van der Waals surface area (Å²) in [5, 5.41) is 77.4. The van der Waals surface area contributed by atoms with Gasteiger partial charge in [0.2, 0.25) is 0 Å². The van der Waals surface area contributed by atoms with Crippen molar-refractivity contribution in [1.29, 1.82) is 0 Å². The first-order chi connectivity index (χ1) is 16.7. The van der Waals surface area contributed by atoms with Crippen LogP contribution in [0.1, 0.15) is 73.1 Å². The molecule has 3 unspecified atom stereocenters. The largest absolute Gasteiger partial charge is 0.396 e. The zero-order valence-electron chi connectivity index (χ0n) is 22.6. The SMILES string of the molecule is CC1(C)CC2C3=CCC4[C@@]5(C)CC[C@H](O)[C@](C)(CO)C5CC[C@@]4(C)[C@@H]3[C@@H](O)[C@@H](O)[C@@]2(CO)[C@@H](O)[C@@H]1O. The third-order valence-corrected chi connectivity index (χ3v) is 12.8. The molecule has 0 radical (unpaired) electrons. The Morgan fingerprint density at radius 3 is 2.03 bits per heavy atom. The van der Waals surface area contributed by atoms with Gasteiger partial charge in [-0.1, -0.05) is 46.3 Å². The predicted molar refractivity (Wildman–Crippen MR) is 134 cm³/mol. The molecule has 36 heavy (non-hydrogen) atoms. The fourth-order valence-electron chi connectivity index (χ4n) is 10.6. The van der Waals surface area contributed by atoms with E-state index in [2.05, 4.69) is 19.9 Å². The molecule has 206 valence electrons. The number of allylic oxidation sites excluding steroid dienone is 1. The van der Waals surface area contributed by atoms with Crippen LogP contribution in [-0.2, 0) is 0 Å². The molecular formula is C29H48O7. The molecule has 0 aromatic rings. The maximum Gasteiger partial charge on any atom is 0.0914 e. The van der Waals surface area contributed by atoms with Crippen LogP contribution in [0.15, 0.2) is 11.6 Å². The Kier molecular flexibility index (Phi) is 6.18. The molecule has 7 heteroatoms. The molecule has 5 rings (SSSR count). The van der Waals surface area contributed by atoms with Crippen LogP contribution in [0.3, 0.4) is 0 Å². The Morgan fingerprint density at radius 1 is 0.778 bits per heavy atom. The first-order valence-corrected chi connectivity index (χ1v) is 14.0. The van der Waals surface area contributed by atoms with Gasteiger partial charge < -0.3 is 35.7 Å². The minimum absolute atomic E-state index is 0.0555. The third-order valence-electron chi connectivity index (χ3n) is 12.8. The summed E-state index contributed by atoms with van der Waals surface area (Å²) in [5.74, 6) is -0.316. The van der Waals surface area contributed by atoms with Gasteiger partial charge in [-0.05, 0) is 72.5 Å². The quantitative estimate of drug-likeness (QED) is 0.281. The molecule has 0 aliphatic heterocycles. The summed E-state index contributed by atoms with van der Waals surface area (Å²) < 4.78 is 0. The van der Waals surface area contributed by atoms with E-state index in [-0.39, 0.29) is 41.1 Å². The van der Waals surface area contributed by atoms with E-state index in [1.54, 1.807) is 0 Å². The maximum atomic E-state index is 11.7. The topological polar surface area (TPSA) is 142 Å². The average Bonchev–Trinajstić information content (AvgIpc) is 2.83. The molecule has 5 aliphatic rings. The van der Waals surface area contributed by atoms with E-state index in [1.165, 1.54) is 0 Å². The summed E-state index contributed by atoms with van der Waals surface area (Å²) in [6.07, 6.45) is 1.06. The van der Waals surface area contributed by atoms with E-state index in [4.69, 9.17) is 0 Å². The second kappa shape index (κ2) is 8.23. The fraction of sp³-hybridized carbons (Fsp3) is 0.931. The number of rotatable bonds is 2. The van der Waals surface area contributed by atoms with Gasteiger partial charge in [-0.25, -0.2) is 0 Å². The smallest absolute Gasteiger partial charge is 0.0914 e. The van der Waals surface area contributed by atoms with E-state index in [0.717, 1.165) is 31.3 Å². The van der Waals surface area contributed by atoms with Crippen LogP contribution in [0.25, 0.3) is 0 Å². The van der Waals surface area contributed by atoms with Gasteiger partial charge in [0.25, 0.3) is 0 Å². The Bertz CT molecular complexity index is 919. The third kappa shape index (κ3) is 3.05. The van der Waals surface area contributed by atoms with Crippen LogP contribution in [-0.4, -0.2) is 79.5 Å². The highest BCUT2D eigenvalue weighted by Crippen LogP contribution is 2.72. The van der Waals surface area contributed by atoms with Crippen molar-refractivity contribution in [2.45, 2.75) is 104 Å². The number of aliphatic hydroxyl groups excluding tert-OH is 7. The normalized spacial score (nSPS) is 58.1. The number of fused-ring (bicyclic) bond motifs is 7. The summed E-state index contributed by atoms with van der Waals surface area (Å²) in [4.78, 5) is 0. The number of hydrogen-bond donors (Lipinski definition) is 7. The molecule has 5 aliphatic carbocycles. The molecule has 7 N–H and O–H groups in total. The van der Waals surface area contributed by atoms with Crippen molar-refractivity contribution in [3.8, 4) is 0 Å². The standard InChI is InChI=1S/C29H48O7/c1-25(2)12-16-15-6-7-17-26(3)11-9-19(32)28(5,13-30)18(26)8-10-27(17,4)20(15)21(33)22(34)29(16,14-31)24(36)23(25)35/h6,16-24,30-36H,7-14H2,1-5H3/t16?,17?,18?,19-,20-,21+,22+,23-,24-,26+,27+,28+,29-/m0/s1. The lowest BCUT2D eigenvalue weighted by atomic mass is 9.36. The first-order valence-electron chi connectivity index (χ1n) is 14.0. The van der Waals surface area contributed by atoms with Crippen LogP contribution in [0.5, 0.6) is 0 Å². The summed E-state index contributed by atoms with van der Waals surface area (Å²) in [5.41, 5.74) is -2.03. The van der Waals surface area contributed by atoms with Gasteiger partial charge in [-0.15, -0.1) is 0 Å². The van der Waals surface area contributed by atoms with Crippen molar-refractivity contribution in [1.82, 2.24) is 0 Å². The minimum atomic E-state index is -1.41. The van der Waals surface area contributed by atoms with E-state index in [9.17, 15) is 35.7 Å². The van der Waals surface area contributed by atoms with Gasteiger partial charge in [0, 0.05) is 11.3 Å². The molecule has 0 saturated heterocycles. The fourth-order valence-corrected chi connectivity index (χ4v) is 10.6. The zero-order valence-corrected chi connectivity index (χ0v) is 22.6. The molecule has 0 amide bonds. The number of aliphatic hydroxyl groups is 7. The Balaban J connectivity index is 1.62. The molecule has 0 aromatic heterocycles. The average molecular weight is 509 g/mol. The van der Waals surface area contributed by atoms with Crippen LogP contribution < -0.4 is 0 Å². The lowest BCUT2D eigenvalue weighted by Gasteiger charge is -2.70. The van der Waals surface area contributed by atoms with E-state index in [1.807, 2.05) is 20.8 Å². The minimum Gasteiger partial charge on any atom is -0.396 e.